The standard InChI is InChI=1S/C19H21ClN6/c1-25(13-5-3-9-26(11-13)10-4-8-21)19-17-16-14(20)6-2-7-15(16)24-18(17)22-12-23-19/h2,6-7,12-13H,3-5,9-11H2,1H3,(H,22,23,24). The number of anilines is 1. The van der Waals surface area contributed by atoms with E-state index in [9.17, 15) is 0 Å². The first-order valence-corrected chi connectivity index (χ1v) is 9.30. The molecule has 134 valence electrons. The summed E-state index contributed by atoms with van der Waals surface area (Å²) in [5.41, 5.74) is 1.78. The molecule has 1 aliphatic heterocycles. The Hall–Kier alpha value is -2.36. The molecule has 0 amide bonds. The Bertz CT molecular complexity index is 975. The SMILES string of the molecule is CN(c1ncnc2[nH]c3cccc(Cl)c3c12)C1CCCN(CCC#N)C1. The highest BCUT2D eigenvalue weighted by Gasteiger charge is 2.26. The van der Waals surface area contributed by atoms with Gasteiger partial charge in [-0.2, -0.15) is 5.26 Å². The lowest BCUT2D eigenvalue weighted by Gasteiger charge is -2.38. The summed E-state index contributed by atoms with van der Waals surface area (Å²) in [5, 5.41) is 11.5. The van der Waals surface area contributed by atoms with E-state index in [1.54, 1.807) is 6.33 Å². The number of fused-ring (bicyclic) bond motifs is 3. The van der Waals surface area contributed by atoms with Crippen molar-refractivity contribution in [2.45, 2.75) is 25.3 Å². The van der Waals surface area contributed by atoms with Crippen LogP contribution in [0.25, 0.3) is 21.9 Å². The number of hydrogen-bond donors (Lipinski definition) is 1. The van der Waals surface area contributed by atoms with E-state index < -0.39 is 0 Å². The number of nitrogens with one attached hydrogen (secondary N) is 1. The molecule has 1 N–H and O–H groups in total. The number of rotatable bonds is 4. The number of piperidine rings is 1. The maximum atomic E-state index is 8.85. The number of nitrogens with zero attached hydrogens (tertiary/aromatic N) is 5. The van der Waals surface area contributed by atoms with Crippen LogP contribution < -0.4 is 4.90 Å². The van der Waals surface area contributed by atoms with Crippen LogP contribution in [0.1, 0.15) is 19.3 Å². The van der Waals surface area contributed by atoms with Gasteiger partial charge in [0.05, 0.1) is 16.5 Å². The number of hydrogen-bond acceptors (Lipinski definition) is 5. The number of likely N-dealkylation sites (tertiary alicyclic amines) is 1. The molecule has 0 bridgehead atoms. The van der Waals surface area contributed by atoms with Gasteiger partial charge < -0.3 is 14.8 Å². The van der Waals surface area contributed by atoms with Crippen molar-refractivity contribution in [1.29, 1.82) is 5.26 Å². The summed E-state index contributed by atoms with van der Waals surface area (Å²) in [4.78, 5) is 17.0. The summed E-state index contributed by atoms with van der Waals surface area (Å²) >= 11 is 6.49. The molecule has 1 fully saturated rings. The molecule has 0 aliphatic carbocycles. The van der Waals surface area contributed by atoms with E-state index in [-0.39, 0.29) is 0 Å². The highest BCUT2D eigenvalue weighted by Crippen LogP contribution is 2.36. The van der Waals surface area contributed by atoms with Gasteiger partial charge in [-0.3, -0.25) is 0 Å². The van der Waals surface area contributed by atoms with Crippen molar-refractivity contribution in [3.8, 4) is 6.07 Å². The van der Waals surface area contributed by atoms with E-state index in [1.807, 2.05) is 18.2 Å². The molecule has 4 rings (SSSR count). The van der Waals surface area contributed by atoms with E-state index in [2.05, 4.69) is 37.9 Å². The van der Waals surface area contributed by atoms with Crippen LogP contribution in [0.2, 0.25) is 5.02 Å². The lowest BCUT2D eigenvalue weighted by molar-refractivity contribution is 0.210. The fraction of sp³-hybridized carbons (Fsp3) is 0.421. The highest BCUT2D eigenvalue weighted by atomic mass is 35.5. The third-order valence-electron chi connectivity index (χ3n) is 5.25. The summed E-state index contributed by atoms with van der Waals surface area (Å²) in [7, 11) is 2.09. The third-order valence-corrected chi connectivity index (χ3v) is 5.56. The van der Waals surface area contributed by atoms with Crippen molar-refractivity contribution < 1.29 is 0 Å². The predicted molar refractivity (Wildman–Crippen MR) is 104 cm³/mol. The number of aromatic nitrogens is 3. The van der Waals surface area contributed by atoms with Crippen LogP contribution >= 0.6 is 11.6 Å². The molecule has 1 atom stereocenters. The quantitative estimate of drug-likeness (QED) is 0.762. The molecule has 26 heavy (non-hydrogen) atoms. The van der Waals surface area contributed by atoms with Crippen LogP contribution in [0.4, 0.5) is 5.82 Å². The average Bonchev–Trinajstić information content (AvgIpc) is 3.06. The van der Waals surface area contributed by atoms with Crippen molar-refractivity contribution in [2.24, 2.45) is 0 Å². The molecule has 1 aliphatic rings. The zero-order valence-electron chi connectivity index (χ0n) is 14.7. The topological polar surface area (TPSA) is 71.8 Å². The first-order chi connectivity index (χ1) is 12.7. The van der Waals surface area contributed by atoms with Crippen molar-refractivity contribution in [2.75, 3.05) is 31.6 Å². The van der Waals surface area contributed by atoms with E-state index in [1.165, 1.54) is 0 Å². The van der Waals surface area contributed by atoms with E-state index in [4.69, 9.17) is 16.9 Å². The maximum absolute atomic E-state index is 8.85. The summed E-state index contributed by atoms with van der Waals surface area (Å²) in [5.74, 6) is 0.904. The Kier molecular flexibility index (Phi) is 4.66. The second-order valence-electron chi connectivity index (χ2n) is 6.82. The lowest BCUT2D eigenvalue weighted by Crippen LogP contribution is -2.47. The number of H-pyrrole nitrogens is 1. The molecule has 6 nitrogen and oxygen atoms in total. The van der Waals surface area contributed by atoms with Crippen molar-refractivity contribution in [1.82, 2.24) is 19.9 Å². The fourth-order valence-electron chi connectivity index (χ4n) is 3.91. The van der Waals surface area contributed by atoms with Gasteiger partial charge in [0.15, 0.2) is 0 Å². The largest absolute Gasteiger partial charge is 0.355 e. The Morgan fingerprint density at radius 1 is 1.38 bits per heavy atom. The van der Waals surface area contributed by atoms with Gasteiger partial charge in [0.2, 0.25) is 0 Å². The molecule has 7 heteroatoms. The zero-order valence-corrected chi connectivity index (χ0v) is 15.5. The van der Waals surface area contributed by atoms with Gasteiger partial charge in [-0.1, -0.05) is 17.7 Å². The third kappa shape index (κ3) is 2.98. The molecule has 3 aromatic rings. The van der Waals surface area contributed by atoms with Crippen LogP contribution in [0.15, 0.2) is 24.5 Å². The van der Waals surface area contributed by atoms with Crippen LogP contribution in [0.3, 0.4) is 0 Å². The molecule has 2 aromatic heterocycles. The number of nitriles is 1. The van der Waals surface area contributed by atoms with E-state index >= 15 is 0 Å². The second kappa shape index (κ2) is 7.10. The van der Waals surface area contributed by atoms with Gasteiger partial charge in [-0.25, -0.2) is 9.97 Å². The molecule has 3 heterocycles. The normalized spacial score (nSPS) is 18.3. The predicted octanol–water partition coefficient (Wildman–Crippen LogP) is 3.58. The minimum atomic E-state index is 0.355. The number of aromatic amines is 1. The van der Waals surface area contributed by atoms with Crippen molar-refractivity contribution in [3.05, 3.63) is 29.5 Å². The molecule has 1 unspecified atom stereocenters. The minimum absolute atomic E-state index is 0.355. The molecular weight excluding hydrogens is 348 g/mol. The van der Waals surface area contributed by atoms with Crippen LogP contribution in [-0.4, -0.2) is 52.6 Å². The summed E-state index contributed by atoms with van der Waals surface area (Å²) in [6.45, 7) is 2.84. The zero-order chi connectivity index (χ0) is 18.1. The maximum Gasteiger partial charge on any atom is 0.144 e. The Morgan fingerprint density at radius 3 is 3.12 bits per heavy atom. The molecule has 1 aromatic carbocycles. The van der Waals surface area contributed by atoms with Crippen LogP contribution in [0, 0.1) is 11.3 Å². The minimum Gasteiger partial charge on any atom is -0.355 e. The Morgan fingerprint density at radius 2 is 2.27 bits per heavy atom. The summed E-state index contributed by atoms with van der Waals surface area (Å²) in [6.07, 6.45) is 4.42. The molecule has 0 spiro atoms. The molecule has 0 saturated carbocycles. The second-order valence-corrected chi connectivity index (χ2v) is 7.23. The fourth-order valence-corrected chi connectivity index (χ4v) is 4.18. The number of benzene rings is 1. The first kappa shape index (κ1) is 17.1. The number of halogens is 1. The molecule has 1 saturated heterocycles. The Balaban J connectivity index is 1.72. The van der Waals surface area contributed by atoms with Gasteiger partial charge in [-0.05, 0) is 31.5 Å². The van der Waals surface area contributed by atoms with Crippen molar-refractivity contribution in [3.63, 3.8) is 0 Å². The van der Waals surface area contributed by atoms with Gasteiger partial charge in [0.1, 0.15) is 17.8 Å². The molecular formula is C19H21ClN6. The summed E-state index contributed by atoms with van der Waals surface area (Å²) < 4.78 is 0. The summed E-state index contributed by atoms with van der Waals surface area (Å²) in [6, 6.07) is 8.45. The van der Waals surface area contributed by atoms with E-state index in [0.29, 0.717) is 17.5 Å². The lowest BCUT2D eigenvalue weighted by atomic mass is 10.0. The van der Waals surface area contributed by atoms with Gasteiger partial charge in [-0.15, -0.1) is 0 Å². The average molecular weight is 369 g/mol. The smallest absolute Gasteiger partial charge is 0.144 e. The van der Waals surface area contributed by atoms with Crippen LogP contribution in [0.5, 0.6) is 0 Å². The van der Waals surface area contributed by atoms with Gasteiger partial charge in [0, 0.05) is 43.5 Å². The van der Waals surface area contributed by atoms with Gasteiger partial charge >= 0.3 is 0 Å². The number of likely N-dealkylation sites (N-methyl/N-ethyl adjacent to an activating group) is 1. The Labute approximate surface area is 157 Å². The molecule has 0 radical (unpaired) electrons. The first-order valence-electron chi connectivity index (χ1n) is 8.92. The van der Waals surface area contributed by atoms with E-state index in [0.717, 1.165) is 60.2 Å². The monoisotopic (exact) mass is 368 g/mol. The highest BCUT2D eigenvalue weighted by molar-refractivity contribution is 6.38. The van der Waals surface area contributed by atoms with Crippen LogP contribution in [-0.2, 0) is 0 Å². The van der Waals surface area contributed by atoms with Gasteiger partial charge in [0.25, 0.3) is 0 Å². The van der Waals surface area contributed by atoms with Crippen molar-refractivity contribution >= 4 is 39.4 Å².